The van der Waals surface area contributed by atoms with Crippen molar-refractivity contribution in [2.45, 2.75) is 6.92 Å². The van der Waals surface area contributed by atoms with Gasteiger partial charge in [0.1, 0.15) is 0 Å². The maximum Gasteiger partial charge on any atom is 0.0629 e. The van der Waals surface area contributed by atoms with Crippen molar-refractivity contribution in [3.05, 3.63) is 175 Å². The summed E-state index contributed by atoms with van der Waals surface area (Å²) in [6, 6.07) is 63.3. The summed E-state index contributed by atoms with van der Waals surface area (Å²) >= 11 is 0. The van der Waals surface area contributed by atoms with Crippen LogP contribution in [0.5, 0.6) is 0 Å². The van der Waals surface area contributed by atoms with Crippen LogP contribution in [0, 0.1) is 6.92 Å². The maximum absolute atomic E-state index is 2.62. The molecule has 7 aromatic carbocycles. The van der Waals surface area contributed by atoms with Gasteiger partial charge in [-0.1, -0.05) is 146 Å². The van der Waals surface area contributed by atoms with Crippen molar-refractivity contribution in [1.82, 2.24) is 0 Å². The summed E-state index contributed by atoms with van der Waals surface area (Å²) in [5.41, 5.74) is 10.3. The van der Waals surface area contributed by atoms with Gasteiger partial charge < -0.3 is 4.90 Å². The molecule has 0 spiro atoms. The van der Waals surface area contributed by atoms with E-state index in [2.05, 4.69) is 182 Å². The van der Waals surface area contributed by atoms with E-state index in [1.165, 1.54) is 76.7 Å². The monoisotopic (exact) mass is 623 g/mol. The van der Waals surface area contributed by atoms with Crippen LogP contribution in [0.4, 0.5) is 17.1 Å². The molecule has 2 atom stereocenters. The molecule has 0 saturated heterocycles. The molecule has 9 rings (SSSR count). The fourth-order valence-corrected chi connectivity index (χ4v) is 12.5. The Labute approximate surface area is 273 Å². The van der Waals surface area contributed by atoms with Crippen LogP contribution in [0.25, 0.3) is 22.3 Å². The Hall–Kier alpha value is -4.80. The van der Waals surface area contributed by atoms with E-state index in [9.17, 15) is 0 Å². The van der Waals surface area contributed by atoms with Crippen LogP contribution in [-0.4, -0.2) is 0 Å². The van der Waals surface area contributed by atoms with Gasteiger partial charge in [0.25, 0.3) is 0 Å². The smallest absolute Gasteiger partial charge is 0.0629 e. The van der Waals surface area contributed by atoms with Crippen LogP contribution in [0.1, 0.15) is 5.56 Å². The van der Waals surface area contributed by atoms with Crippen molar-refractivity contribution in [3.8, 4) is 22.3 Å². The van der Waals surface area contributed by atoms with E-state index in [4.69, 9.17) is 0 Å². The SMILES string of the molecule is Cc1cc2c3c(c1)P(c1ccccc1)c1ccc(-c4ccccc4)cc1N3c1cc(-c3ccccc3)ccc1P2c1ccccc1. The van der Waals surface area contributed by atoms with Gasteiger partial charge in [0.2, 0.25) is 0 Å². The summed E-state index contributed by atoms with van der Waals surface area (Å²) < 4.78 is 0. The van der Waals surface area contributed by atoms with Gasteiger partial charge in [-0.3, -0.25) is 0 Å². The first kappa shape index (κ1) is 27.5. The molecule has 3 heteroatoms. The van der Waals surface area contributed by atoms with Crippen LogP contribution in [0.2, 0.25) is 0 Å². The Balaban J connectivity index is 1.39. The Morgan fingerprint density at radius 3 is 1.17 bits per heavy atom. The molecule has 2 aliphatic heterocycles. The van der Waals surface area contributed by atoms with Crippen molar-refractivity contribution in [2.75, 3.05) is 4.90 Å². The molecule has 0 aliphatic carbocycles. The molecule has 0 N–H and O–H groups in total. The van der Waals surface area contributed by atoms with Crippen LogP contribution < -0.4 is 36.7 Å². The lowest BCUT2D eigenvalue weighted by Crippen LogP contribution is -2.43. The Morgan fingerprint density at radius 1 is 0.370 bits per heavy atom. The van der Waals surface area contributed by atoms with E-state index in [-0.39, 0.29) is 0 Å². The molecule has 0 radical (unpaired) electrons. The molecule has 0 amide bonds. The van der Waals surface area contributed by atoms with Crippen molar-refractivity contribution >= 4 is 64.7 Å². The summed E-state index contributed by atoms with van der Waals surface area (Å²) in [7, 11) is -1.54. The van der Waals surface area contributed by atoms with Gasteiger partial charge in [-0.05, 0) is 85.5 Å². The molecule has 0 saturated carbocycles. The van der Waals surface area contributed by atoms with E-state index >= 15 is 0 Å². The first-order valence-corrected chi connectivity index (χ1v) is 18.5. The Bertz CT molecular complexity index is 2060. The molecular weight excluding hydrogens is 592 g/mol. The van der Waals surface area contributed by atoms with Crippen molar-refractivity contribution < 1.29 is 0 Å². The van der Waals surface area contributed by atoms with Crippen molar-refractivity contribution in [1.29, 1.82) is 0 Å². The summed E-state index contributed by atoms with van der Waals surface area (Å²) in [4.78, 5) is 2.62. The predicted molar refractivity (Wildman–Crippen MR) is 201 cm³/mol. The molecule has 2 heterocycles. The van der Waals surface area contributed by atoms with E-state index in [1.807, 2.05) is 0 Å². The lowest BCUT2D eigenvalue weighted by Gasteiger charge is -2.45. The van der Waals surface area contributed by atoms with Gasteiger partial charge in [-0.15, -0.1) is 0 Å². The van der Waals surface area contributed by atoms with Crippen LogP contribution in [0.3, 0.4) is 0 Å². The third-order valence-electron chi connectivity index (χ3n) is 9.08. The molecule has 2 aliphatic rings. The molecular formula is C43H31NP2. The van der Waals surface area contributed by atoms with Crippen molar-refractivity contribution in [2.24, 2.45) is 0 Å². The second-order valence-corrected chi connectivity index (χ2v) is 16.3. The minimum atomic E-state index is -0.771. The lowest BCUT2D eigenvalue weighted by molar-refractivity contribution is 1.31. The zero-order valence-electron chi connectivity index (χ0n) is 25.5. The highest BCUT2D eigenvalue weighted by Crippen LogP contribution is 2.55. The van der Waals surface area contributed by atoms with Gasteiger partial charge in [-0.25, -0.2) is 0 Å². The third kappa shape index (κ3) is 4.46. The number of nitrogens with zero attached hydrogens (tertiary/aromatic N) is 1. The number of aryl methyl sites for hydroxylation is 1. The number of anilines is 3. The minimum Gasteiger partial charge on any atom is -0.308 e. The number of benzene rings is 7. The molecule has 2 unspecified atom stereocenters. The zero-order valence-corrected chi connectivity index (χ0v) is 27.3. The summed E-state index contributed by atoms with van der Waals surface area (Å²) in [6.45, 7) is 2.28. The van der Waals surface area contributed by atoms with Crippen LogP contribution in [-0.2, 0) is 0 Å². The first-order valence-electron chi connectivity index (χ1n) is 15.8. The fourth-order valence-electron chi connectivity index (χ4n) is 7.06. The number of hydrogen-bond acceptors (Lipinski definition) is 1. The topological polar surface area (TPSA) is 3.24 Å². The number of fused-ring (bicyclic) bond motifs is 4. The number of hydrogen-bond donors (Lipinski definition) is 0. The van der Waals surface area contributed by atoms with Crippen LogP contribution in [0.15, 0.2) is 170 Å². The average Bonchev–Trinajstić information content (AvgIpc) is 3.12. The van der Waals surface area contributed by atoms with Gasteiger partial charge in [0.15, 0.2) is 0 Å². The van der Waals surface area contributed by atoms with Crippen molar-refractivity contribution in [3.63, 3.8) is 0 Å². The molecule has 46 heavy (non-hydrogen) atoms. The van der Waals surface area contributed by atoms with Gasteiger partial charge >= 0.3 is 0 Å². The molecule has 218 valence electrons. The third-order valence-corrected chi connectivity index (χ3v) is 14.1. The van der Waals surface area contributed by atoms with E-state index in [0.717, 1.165) is 0 Å². The predicted octanol–water partition coefficient (Wildman–Crippen LogP) is 8.94. The summed E-state index contributed by atoms with van der Waals surface area (Å²) in [6.07, 6.45) is 0. The standard InChI is InChI=1S/C43H31NP2/c1-30-26-41-43-42(27-30)46(36-20-12-5-13-21-36)40-25-23-34(32-16-8-3-9-17-32)29-38(40)44(43)37-28-33(31-14-6-2-7-15-31)22-24-39(37)45(41)35-18-10-4-11-19-35/h2-29H,1H3. The Kier molecular flexibility index (Phi) is 6.71. The van der Waals surface area contributed by atoms with E-state index in [0.29, 0.717) is 0 Å². The Morgan fingerprint density at radius 2 is 0.761 bits per heavy atom. The van der Waals surface area contributed by atoms with Crippen LogP contribution >= 0.6 is 15.8 Å². The zero-order chi connectivity index (χ0) is 30.6. The maximum atomic E-state index is 2.62. The average molecular weight is 624 g/mol. The quantitative estimate of drug-likeness (QED) is 0.177. The van der Waals surface area contributed by atoms with E-state index in [1.54, 1.807) is 0 Å². The first-order chi connectivity index (χ1) is 22.7. The minimum absolute atomic E-state index is 0.771. The van der Waals surface area contributed by atoms with Gasteiger partial charge in [-0.2, -0.15) is 0 Å². The highest BCUT2D eigenvalue weighted by atomic mass is 31.1. The molecule has 0 fully saturated rings. The second-order valence-electron chi connectivity index (χ2n) is 12.0. The van der Waals surface area contributed by atoms with Gasteiger partial charge in [0, 0.05) is 21.2 Å². The summed E-state index contributed by atoms with van der Waals surface area (Å²) in [5, 5.41) is 8.52. The summed E-state index contributed by atoms with van der Waals surface area (Å²) in [5.74, 6) is 0. The second kappa shape index (κ2) is 11.2. The van der Waals surface area contributed by atoms with Gasteiger partial charge in [0.05, 0.1) is 17.1 Å². The molecule has 1 nitrogen and oxygen atoms in total. The lowest BCUT2D eigenvalue weighted by atomic mass is 10.0. The molecule has 0 bridgehead atoms. The highest BCUT2D eigenvalue weighted by Gasteiger charge is 2.41. The molecule has 0 aromatic heterocycles. The fraction of sp³-hybridized carbons (Fsp3) is 0.0233. The van der Waals surface area contributed by atoms with E-state index < -0.39 is 15.8 Å². The largest absolute Gasteiger partial charge is 0.308 e. The normalized spacial score (nSPS) is 15.9. The number of rotatable bonds is 4. The highest BCUT2D eigenvalue weighted by molar-refractivity contribution is 7.82. The molecule has 7 aromatic rings.